The van der Waals surface area contributed by atoms with E-state index < -0.39 is 17.0 Å². The first kappa shape index (κ1) is 24.6. The van der Waals surface area contributed by atoms with Gasteiger partial charge in [-0.1, -0.05) is 25.5 Å². The second kappa shape index (κ2) is 12.9. The zero-order valence-corrected chi connectivity index (χ0v) is 19.1. The number of imide groups is 1. The number of ether oxygens (including phenoxy) is 1. The molecule has 2 aromatic carbocycles. The van der Waals surface area contributed by atoms with Crippen LogP contribution in [-0.4, -0.2) is 40.1 Å². The molecule has 0 saturated carbocycles. The Morgan fingerprint density at radius 3 is 2.26 bits per heavy atom. The Hall–Kier alpha value is -2.71. The van der Waals surface area contributed by atoms with Gasteiger partial charge >= 0.3 is 6.03 Å². The summed E-state index contributed by atoms with van der Waals surface area (Å²) in [6, 6.07) is 14.7. The monoisotopic (exact) mass is 445 g/mol. The van der Waals surface area contributed by atoms with Crippen LogP contribution in [0, 0.1) is 0 Å². The van der Waals surface area contributed by atoms with Gasteiger partial charge in [0.1, 0.15) is 22.5 Å². The summed E-state index contributed by atoms with van der Waals surface area (Å²) < 4.78 is 20.7. The van der Waals surface area contributed by atoms with Gasteiger partial charge in [0.25, 0.3) is 0 Å². The molecule has 0 aliphatic carbocycles. The minimum absolute atomic E-state index is 0.00100. The van der Waals surface area contributed by atoms with Crippen LogP contribution in [0.15, 0.2) is 53.4 Å². The predicted octanol–water partition coefficient (Wildman–Crippen LogP) is 4.01. The number of nitrogens with zero attached hydrogens (tertiary/aromatic N) is 1. The number of hydrogen-bond acceptors (Lipinski definition) is 4. The SMILES string of the molecule is CCCCc1ccc(Oc2ccc(S(=O)N(CCNC(=O)NC=O)C(C)C)cc2)cc1. The van der Waals surface area contributed by atoms with Crippen molar-refractivity contribution in [3.05, 3.63) is 54.1 Å². The van der Waals surface area contributed by atoms with Crippen molar-refractivity contribution in [2.75, 3.05) is 13.1 Å². The first-order valence-corrected chi connectivity index (χ1v) is 11.6. The molecule has 2 rings (SSSR count). The number of carbonyl (C=O) groups excluding carboxylic acids is 2. The molecular formula is C23H31N3O4S. The van der Waals surface area contributed by atoms with Gasteiger partial charge in [-0.2, -0.15) is 0 Å². The summed E-state index contributed by atoms with van der Waals surface area (Å²) in [5.41, 5.74) is 1.30. The molecule has 0 radical (unpaired) electrons. The van der Waals surface area contributed by atoms with Crippen LogP contribution in [0.3, 0.4) is 0 Å². The Kier molecular flexibility index (Phi) is 10.2. The molecule has 168 valence electrons. The maximum absolute atomic E-state index is 13.0. The fourth-order valence-electron chi connectivity index (χ4n) is 2.92. The van der Waals surface area contributed by atoms with Crippen molar-refractivity contribution in [3.63, 3.8) is 0 Å². The summed E-state index contributed by atoms with van der Waals surface area (Å²) >= 11 is 0. The quantitative estimate of drug-likeness (QED) is 0.483. The van der Waals surface area contributed by atoms with E-state index in [4.69, 9.17) is 4.74 Å². The van der Waals surface area contributed by atoms with Gasteiger partial charge in [0.2, 0.25) is 6.41 Å². The smallest absolute Gasteiger partial charge is 0.321 e. The molecular weight excluding hydrogens is 414 g/mol. The molecule has 31 heavy (non-hydrogen) atoms. The highest BCUT2D eigenvalue weighted by atomic mass is 32.2. The number of hydrogen-bond donors (Lipinski definition) is 2. The Morgan fingerprint density at radius 1 is 1.10 bits per heavy atom. The fraction of sp³-hybridized carbons (Fsp3) is 0.391. The lowest BCUT2D eigenvalue weighted by molar-refractivity contribution is -0.108. The lowest BCUT2D eigenvalue weighted by Crippen LogP contribution is -2.42. The number of urea groups is 1. The van der Waals surface area contributed by atoms with Crippen molar-refractivity contribution in [3.8, 4) is 11.5 Å². The van der Waals surface area contributed by atoms with Crippen molar-refractivity contribution in [1.82, 2.24) is 14.9 Å². The third-order valence-corrected chi connectivity index (χ3v) is 6.31. The fourth-order valence-corrected chi connectivity index (χ4v) is 4.20. The summed E-state index contributed by atoms with van der Waals surface area (Å²) in [7, 11) is -1.39. The number of aryl methyl sites for hydroxylation is 1. The van der Waals surface area contributed by atoms with E-state index in [1.165, 1.54) is 18.4 Å². The molecule has 0 heterocycles. The molecule has 2 aromatic rings. The number of benzene rings is 2. The number of nitrogens with one attached hydrogen (secondary N) is 2. The average Bonchev–Trinajstić information content (AvgIpc) is 2.76. The van der Waals surface area contributed by atoms with Gasteiger partial charge in [0.05, 0.1) is 4.90 Å². The Morgan fingerprint density at radius 2 is 1.71 bits per heavy atom. The van der Waals surface area contributed by atoms with Crippen LogP contribution in [0.4, 0.5) is 4.79 Å². The van der Waals surface area contributed by atoms with Crippen molar-refractivity contribution in [2.45, 2.75) is 51.0 Å². The van der Waals surface area contributed by atoms with Gasteiger partial charge in [-0.3, -0.25) is 10.1 Å². The summed E-state index contributed by atoms with van der Waals surface area (Å²) in [5, 5.41) is 4.56. The van der Waals surface area contributed by atoms with E-state index in [0.29, 0.717) is 23.6 Å². The molecule has 0 aliphatic rings. The Bertz CT molecular complexity index is 854. The first-order valence-electron chi connectivity index (χ1n) is 10.5. The number of unbranched alkanes of at least 4 members (excludes halogenated alkanes) is 1. The van der Waals surface area contributed by atoms with Gasteiger partial charge in [0, 0.05) is 19.1 Å². The third kappa shape index (κ3) is 8.15. The Labute approximate surface area is 186 Å². The number of amides is 3. The van der Waals surface area contributed by atoms with Gasteiger partial charge in [-0.15, -0.1) is 0 Å². The zero-order chi connectivity index (χ0) is 22.6. The molecule has 7 nitrogen and oxygen atoms in total. The second-order valence-corrected chi connectivity index (χ2v) is 8.76. The topological polar surface area (TPSA) is 87.7 Å². The molecule has 3 amide bonds. The van der Waals surface area contributed by atoms with Crippen LogP contribution in [0.1, 0.15) is 39.2 Å². The van der Waals surface area contributed by atoms with Gasteiger partial charge in [-0.05, 0) is 68.7 Å². The van der Waals surface area contributed by atoms with Crippen LogP contribution in [-0.2, 0) is 22.2 Å². The van der Waals surface area contributed by atoms with Gasteiger partial charge in [-0.25, -0.2) is 13.3 Å². The first-order chi connectivity index (χ1) is 14.9. The molecule has 2 N–H and O–H groups in total. The van der Waals surface area contributed by atoms with E-state index in [0.717, 1.165) is 12.2 Å². The van der Waals surface area contributed by atoms with E-state index in [1.54, 1.807) is 28.6 Å². The maximum atomic E-state index is 13.0. The van der Waals surface area contributed by atoms with E-state index in [2.05, 4.69) is 24.4 Å². The van der Waals surface area contributed by atoms with E-state index in [-0.39, 0.29) is 12.6 Å². The maximum Gasteiger partial charge on any atom is 0.321 e. The standard InChI is InChI=1S/C23H31N3O4S/c1-4-5-6-19-7-9-20(10-8-19)30-21-11-13-22(14-12-21)31(29)26(18(2)3)16-15-24-23(28)25-17-27/h7-14,17-18H,4-6,15-16H2,1-3H3,(H2,24,25,27,28). The predicted molar refractivity (Wildman–Crippen MR) is 122 cm³/mol. The summed E-state index contributed by atoms with van der Waals surface area (Å²) in [5.74, 6) is 1.43. The third-order valence-electron chi connectivity index (χ3n) is 4.60. The van der Waals surface area contributed by atoms with Gasteiger partial charge in [0.15, 0.2) is 0 Å². The molecule has 0 fully saturated rings. The minimum atomic E-state index is -1.39. The lowest BCUT2D eigenvalue weighted by Gasteiger charge is -2.25. The van der Waals surface area contributed by atoms with E-state index >= 15 is 0 Å². The van der Waals surface area contributed by atoms with Crippen LogP contribution in [0.5, 0.6) is 11.5 Å². The van der Waals surface area contributed by atoms with Gasteiger partial charge < -0.3 is 10.1 Å². The van der Waals surface area contributed by atoms with Crippen molar-refractivity contribution in [2.24, 2.45) is 0 Å². The van der Waals surface area contributed by atoms with Crippen LogP contribution < -0.4 is 15.4 Å². The van der Waals surface area contributed by atoms with Crippen molar-refractivity contribution in [1.29, 1.82) is 0 Å². The van der Waals surface area contributed by atoms with Crippen LogP contribution in [0.2, 0.25) is 0 Å². The molecule has 1 unspecified atom stereocenters. The molecule has 8 heteroatoms. The lowest BCUT2D eigenvalue weighted by atomic mass is 10.1. The highest BCUT2D eigenvalue weighted by molar-refractivity contribution is 7.82. The van der Waals surface area contributed by atoms with Crippen molar-refractivity contribution < 1.29 is 18.5 Å². The number of rotatable bonds is 12. The van der Waals surface area contributed by atoms with E-state index in [9.17, 15) is 13.8 Å². The van der Waals surface area contributed by atoms with Crippen LogP contribution in [0.25, 0.3) is 0 Å². The summed E-state index contributed by atoms with van der Waals surface area (Å²) in [6.07, 6.45) is 3.74. The van der Waals surface area contributed by atoms with Crippen LogP contribution >= 0.6 is 0 Å². The highest BCUT2D eigenvalue weighted by Crippen LogP contribution is 2.24. The molecule has 0 spiro atoms. The minimum Gasteiger partial charge on any atom is -0.457 e. The Balaban J connectivity index is 1.95. The van der Waals surface area contributed by atoms with Crippen molar-refractivity contribution >= 4 is 23.4 Å². The molecule has 0 aromatic heterocycles. The normalized spacial score (nSPS) is 11.9. The largest absolute Gasteiger partial charge is 0.457 e. The highest BCUT2D eigenvalue weighted by Gasteiger charge is 2.18. The molecule has 1 atom stereocenters. The number of carbonyl (C=O) groups is 2. The summed E-state index contributed by atoms with van der Waals surface area (Å²) in [4.78, 5) is 22.2. The van der Waals surface area contributed by atoms with E-state index in [1.807, 2.05) is 31.3 Å². The second-order valence-electron chi connectivity index (χ2n) is 7.32. The summed E-state index contributed by atoms with van der Waals surface area (Å²) in [6.45, 7) is 6.69. The molecule has 0 aliphatic heterocycles. The average molecular weight is 446 g/mol. The molecule has 0 saturated heterocycles. The molecule has 0 bridgehead atoms. The zero-order valence-electron chi connectivity index (χ0n) is 18.3.